The maximum atomic E-state index is 12.7. The summed E-state index contributed by atoms with van der Waals surface area (Å²) in [7, 11) is 0. The summed E-state index contributed by atoms with van der Waals surface area (Å²) in [6.07, 6.45) is 1.59. The number of hydrogen-bond donors (Lipinski definition) is 0. The first-order chi connectivity index (χ1) is 8.06. The summed E-state index contributed by atoms with van der Waals surface area (Å²) in [5, 5.41) is 0. The van der Waals surface area contributed by atoms with Crippen molar-refractivity contribution in [2.24, 2.45) is 0 Å². The van der Waals surface area contributed by atoms with E-state index in [4.69, 9.17) is 0 Å². The van der Waals surface area contributed by atoms with Crippen molar-refractivity contribution in [3.63, 3.8) is 0 Å². The lowest BCUT2D eigenvalue weighted by Crippen LogP contribution is -2.22. The molecule has 0 amide bonds. The third-order valence-corrected chi connectivity index (χ3v) is 3.07. The van der Waals surface area contributed by atoms with Crippen LogP contribution in [-0.4, -0.2) is 9.55 Å². The second kappa shape index (κ2) is 5.10. The predicted molar refractivity (Wildman–Crippen MR) is 69.4 cm³/mol. The standard InChI is InChI=1S/C11H7Br2FN2O/c12-9-6-16(11(17)10(13)15-9)5-7-1-3-8(14)4-2-7/h1-4,6H,5H2. The average Bonchev–Trinajstić information content (AvgIpc) is 2.28. The molecule has 1 heterocycles. The smallest absolute Gasteiger partial charge is 0.284 e. The van der Waals surface area contributed by atoms with Crippen molar-refractivity contribution >= 4 is 31.9 Å². The van der Waals surface area contributed by atoms with Gasteiger partial charge in [0.2, 0.25) is 0 Å². The highest BCUT2D eigenvalue weighted by atomic mass is 79.9. The van der Waals surface area contributed by atoms with Crippen LogP contribution in [0.15, 0.2) is 44.5 Å². The van der Waals surface area contributed by atoms with Crippen molar-refractivity contribution < 1.29 is 4.39 Å². The van der Waals surface area contributed by atoms with Gasteiger partial charge in [0, 0.05) is 6.20 Å². The number of aromatic nitrogens is 2. The van der Waals surface area contributed by atoms with Gasteiger partial charge in [-0.25, -0.2) is 9.37 Å². The normalized spacial score (nSPS) is 10.5. The first kappa shape index (κ1) is 12.4. The zero-order valence-electron chi connectivity index (χ0n) is 8.53. The minimum Gasteiger partial charge on any atom is -0.306 e. The van der Waals surface area contributed by atoms with Gasteiger partial charge in [-0.3, -0.25) is 4.79 Å². The van der Waals surface area contributed by atoms with E-state index in [9.17, 15) is 9.18 Å². The van der Waals surface area contributed by atoms with Crippen LogP contribution in [0, 0.1) is 5.82 Å². The third kappa shape index (κ3) is 3.01. The molecule has 0 bridgehead atoms. The van der Waals surface area contributed by atoms with Crippen molar-refractivity contribution in [1.82, 2.24) is 9.55 Å². The molecule has 1 aromatic heterocycles. The van der Waals surface area contributed by atoms with Gasteiger partial charge in [0.05, 0.1) is 6.54 Å². The van der Waals surface area contributed by atoms with Crippen LogP contribution >= 0.6 is 31.9 Å². The van der Waals surface area contributed by atoms with Gasteiger partial charge in [-0.05, 0) is 49.6 Å². The number of benzene rings is 1. The maximum absolute atomic E-state index is 12.7. The summed E-state index contributed by atoms with van der Waals surface area (Å²) in [6, 6.07) is 6.02. The second-order valence-corrected chi connectivity index (χ2v) is 4.98. The molecule has 0 saturated carbocycles. The highest BCUT2D eigenvalue weighted by Gasteiger charge is 2.05. The molecule has 3 nitrogen and oxygen atoms in total. The Morgan fingerprint density at radius 1 is 1.24 bits per heavy atom. The molecule has 17 heavy (non-hydrogen) atoms. The van der Waals surface area contributed by atoms with E-state index in [2.05, 4.69) is 36.8 Å². The van der Waals surface area contributed by atoms with Gasteiger partial charge < -0.3 is 4.57 Å². The molecule has 0 radical (unpaired) electrons. The molecule has 0 aliphatic heterocycles. The van der Waals surface area contributed by atoms with E-state index < -0.39 is 0 Å². The topological polar surface area (TPSA) is 34.9 Å². The van der Waals surface area contributed by atoms with Crippen molar-refractivity contribution in [2.45, 2.75) is 6.54 Å². The molecule has 0 aliphatic rings. The molecule has 88 valence electrons. The zero-order chi connectivity index (χ0) is 12.4. The Balaban J connectivity index is 2.36. The Hall–Kier alpha value is -1.01. The van der Waals surface area contributed by atoms with Gasteiger partial charge in [0.15, 0.2) is 4.60 Å². The Kier molecular flexibility index (Phi) is 3.73. The van der Waals surface area contributed by atoms with Crippen LogP contribution in [0.25, 0.3) is 0 Å². The fourth-order valence-electron chi connectivity index (χ4n) is 1.38. The molecule has 0 saturated heterocycles. The number of halogens is 3. The van der Waals surface area contributed by atoms with E-state index in [0.717, 1.165) is 5.56 Å². The van der Waals surface area contributed by atoms with Gasteiger partial charge >= 0.3 is 0 Å². The Bertz CT molecular complexity index is 595. The van der Waals surface area contributed by atoms with Crippen LogP contribution in [0.4, 0.5) is 4.39 Å². The fraction of sp³-hybridized carbons (Fsp3) is 0.0909. The minimum atomic E-state index is -0.293. The average molecular weight is 362 g/mol. The molecule has 6 heteroatoms. The van der Waals surface area contributed by atoms with Gasteiger partial charge in [0.25, 0.3) is 5.56 Å². The Morgan fingerprint density at radius 3 is 2.53 bits per heavy atom. The van der Waals surface area contributed by atoms with Crippen LogP contribution < -0.4 is 5.56 Å². The monoisotopic (exact) mass is 360 g/mol. The predicted octanol–water partition coefficient (Wildman–Crippen LogP) is 2.96. The molecule has 0 fully saturated rings. The van der Waals surface area contributed by atoms with Crippen LogP contribution in [0.1, 0.15) is 5.56 Å². The molecule has 0 N–H and O–H groups in total. The molecule has 1 aromatic carbocycles. The first-order valence-electron chi connectivity index (χ1n) is 4.73. The van der Waals surface area contributed by atoms with E-state index in [1.165, 1.54) is 16.7 Å². The fourth-order valence-corrected chi connectivity index (χ4v) is 2.46. The lowest BCUT2D eigenvalue weighted by molar-refractivity contribution is 0.625. The van der Waals surface area contributed by atoms with E-state index >= 15 is 0 Å². The second-order valence-electron chi connectivity index (χ2n) is 3.41. The minimum absolute atomic E-state index is 0.225. The summed E-state index contributed by atoms with van der Waals surface area (Å²) in [6.45, 7) is 0.374. The van der Waals surface area contributed by atoms with Gasteiger partial charge in [-0.2, -0.15) is 0 Å². The van der Waals surface area contributed by atoms with Crippen molar-refractivity contribution in [2.75, 3.05) is 0 Å². The summed E-state index contributed by atoms with van der Waals surface area (Å²) in [5.41, 5.74) is 0.621. The van der Waals surface area contributed by atoms with Gasteiger partial charge in [0.1, 0.15) is 10.4 Å². The Labute approximate surface area is 114 Å². The highest BCUT2D eigenvalue weighted by Crippen LogP contribution is 2.09. The number of rotatable bonds is 2. The SMILES string of the molecule is O=c1c(Br)nc(Br)cn1Cc1ccc(F)cc1. The maximum Gasteiger partial charge on any atom is 0.284 e. The quantitative estimate of drug-likeness (QED) is 0.824. The molecule has 0 aliphatic carbocycles. The number of nitrogens with zero attached hydrogens (tertiary/aromatic N) is 2. The largest absolute Gasteiger partial charge is 0.306 e. The van der Waals surface area contributed by atoms with Crippen LogP contribution in [0.3, 0.4) is 0 Å². The first-order valence-corrected chi connectivity index (χ1v) is 6.32. The van der Waals surface area contributed by atoms with Gasteiger partial charge in [-0.15, -0.1) is 0 Å². The summed E-state index contributed by atoms with van der Waals surface area (Å²) >= 11 is 6.30. The van der Waals surface area contributed by atoms with Crippen molar-refractivity contribution in [3.8, 4) is 0 Å². The highest BCUT2D eigenvalue weighted by molar-refractivity contribution is 9.11. The van der Waals surface area contributed by atoms with E-state index in [-0.39, 0.29) is 16.0 Å². The van der Waals surface area contributed by atoms with E-state index in [1.807, 2.05) is 0 Å². The molecule has 0 unspecified atom stereocenters. The molecule has 2 rings (SSSR count). The zero-order valence-corrected chi connectivity index (χ0v) is 11.7. The molecular formula is C11H7Br2FN2O. The van der Waals surface area contributed by atoms with Gasteiger partial charge in [-0.1, -0.05) is 12.1 Å². The summed E-state index contributed by atoms with van der Waals surface area (Å²) in [4.78, 5) is 15.7. The molecule has 0 spiro atoms. The van der Waals surface area contributed by atoms with Crippen LogP contribution in [0.2, 0.25) is 0 Å². The summed E-state index contributed by atoms with van der Waals surface area (Å²) < 4.78 is 15.0. The van der Waals surface area contributed by atoms with Crippen molar-refractivity contribution in [3.05, 3.63) is 61.4 Å². The third-order valence-electron chi connectivity index (χ3n) is 2.17. The van der Waals surface area contributed by atoms with Crippen LogP contribution in [0.5, 0.6) is 0 Å². The van der Waals surface area contributed by atoms with E-state index in [0.29, 0.717) is 11.1 Å². The summed E-state index contributed by atoms with van der Waals surface area (Å²) in [5.74, 6) is -0.293. The number of hydrogen-bond acceptors (Lipinski definition) is 2. The molecule has 0 atom stereocenters. The van der Waals surface area contributed by atoms with Crippen molar-refractivity contribution in [1.29, 1.82) is 0 Å². The lowest BCUT2D eigenvalue weighted by Gasteiger charge is -2.06. The van der Waals surface area contributed by atoms with E-state index in [1.54, 1.807) is 18.3 Å². The Morgan fingerprint density at radius 2 is 1.88 bits per heavy atom. The van der Waals surface area contributed by atoms with Crippen LogP contribution in [-0.2, 0) is 6.54 Å². The molecule has 2 aromatic rings. The molecular weight excluding hydrogens is 355 g/mol. The lowest BCUT2D eigenvalue weighted by atomic mass is 10.2.